The molecule has 0 aliphatic carbocycles. The summed E-state index contributed by atoms with van der Waals surface area (Å²) in [5, 5.41) is 12.7. The van der Waals surface area contributed by atoms with Gasteiger partial charge in [0.2, 0.25) is 0 Å². The van der Waals surface area contributed by atoms with Gasteiger partial charge in [-0.2, -0.15) is 0 Å². The molecule has 0 saturated carbocycles. The van der Waals surface area contributed by atoms with Crippen LogP contribution in [0.3, 0.4) is 0 Å². The molecule has 0 unspecified atom stereocenters. The number of rotatable bonds is 6. The molecular formula is C20H21NO2. The van der Waals surface area contributed by atoms with Crippen molar-refractivity contribution in [2.45, 2.75) is 26.6 Å². The molecule has 23 heavy (non-hydrogen) atoms. The maximum atomic E-state index is 9.34. The van der Waals surface area contributed by atoms with Gasteiger partial charge in [-0.3, -0.25) is 0 Å². The minimum atomic E-state index is 0.0657. The highest BCUT2D eigenvalue weighted by molar-refractivity contribution is 5.57. The van der Waals surface area contributed by atoms with Gasteiger partial charge in [-0.15, -0.1) is 0 Å². The van der Waals surface area contributed by atoms with Crippen LogP contribution in [0.5, 0.6) is 0 Å². The van der Waals surface area contributed by atoms with Crippen LogP contribution in [-0.2, 0) is 19.7 Å². The second-order valence-electron chi connectivity index (χ2n) is 5.66. The Bertz CT molecular complexity index is 759. The molecule has 0 bridgehead atoms. The van der Waals surface area contributed by atoms with Crippen molar-refractivity contribution in [1.82, 2.24) is 5.32 Å². The second-order valence-corrected chi connectivity index (χ2v) is 5.66. The Balaban J connectivity index is 1.60. The third kappa shape index (κ3) is 3.89. The van der Waals surface area contributed by atoms with E-state index < -0.39 is 0 Å². The summed E-state index contributed by atoms with van der Waals surface area (Å²) in [5.41, 5.74) is 4.40. The number of aliphatic hydroxyl groups excluding tert-OH is 1. The molecule has 1 aromatic heterocycles. The first-order valence-corrected chi connectivity index (χ1v) is 7.80. The summed E-state index contributed by atoms with van der Waals surface area (Å²) in [6, 6.07) is 20.2. The summed E-state index contributed by atoms with van der Waals surface area (Å²) < 4.78 is 5.89. The van der Waals surface area contributed by atoms with E-state index in [4.69, 9.17) is 4.42 Å². The maximum Gasteiger partial charge on any atom is 0.134 e. The highest BCUT2D eigenvalue weighted by Crippen LogP contribution is 2.22. The zero-order chi connectivity index (χ0) is 16.1. The van der Waals surface area contributed by atoms with E-state index in [2.05, 4.69) is 36.5 Å². The Kier molecular flexibility index (Phi) is 4.91. The average Bonchev–Trinajstić information content (AvgIpc) is 3.05. The van der Waals surface area contributed by atoms with Crippen molar-refractivity contribution in [2.24, 2.45) is 0 Å². The molecule has 0 aliphatic heterocycles. The van der Waals surface area contributed by atoms with Crippen LogP contribution >= 0.6 is 0 Å². The molecule has 2 N–H and O–H groups in total. The number of aryl methyl sites for hydroxylation is 1. The first-order valence-electron chi connectivity index (χ1n) is 7.80. The molecule has 3 heteroatoms. The van der Waals surface area contributed by atoms with Crippen molar-refractivity contribution in [3.8, 4) is 11.3 Å². The third-order valence-electron chi connectivity index (χ3n) is 3.90. The predicted octanol–water partition coefficient (Wildman–Crippen LogP) is 4.04. The number of hydrogen-bond donors (Lipinski definition) is 2. The molecule has 0 amide bonds. The lowest BCUT2D eigenvalue weighted by molar-refractivity contribution is 0.280. The van der Waals surface area contributed by atoms with Crippen molar-refractivity contribution in [2.75, 3.05) is 0 Å². The molecule has 0 atom stereocenters. The van der Waals surface area contributed by atoms with E-state index in [9.17, 15) is 5.11 Å². The molecule has 118 valence electrons. The van der Waals surface area contributed by atoms with Crippen LogP contribution in [-0.4, -0.2) is 5.11 Å². The highest BCUT2D eigenvalue weighted by atomic mass is 16.3. The fraction of sp³-hybridized carbons (Fsp3) is 0.200. The fourth-order valence-electron chi connectivity index (χ4n) is 2.55. The minimum absolute atomic E-state index is 0.0657. The van der Waals surface area contributed by atoms with Crippen LogP contribution in [0.15, 0.2) is 65.1 Å². The van der Waals surface area contributed by atoms with Crippen LogP contribution in [0.4, 0.5) is 0 Å². The molecule has 0 spiro atoms. The van der Waals surface area contributed by atoms with Gasteiger partial charge in [0.05, 0.1) is 13.2 Å². The highest BCUT2D eigenvalue weighted by Gasteiger charge is 2.05. The molecule has 1 heterocycles. The van der Waals surface area contributed by atoms with Crippen molar-refractivity contribution in [3.63, 3.8) is 0 Å². The Hall–Kier alpha value is -2.36. The van der Waals surface area contributed by atoms with E-state index >= 15 is 0 Å². The van der Waals surface area contributed by atoms with Gasteiger partial charge in [-0.1, -0.05) is 54.1 Å². The summed E-state index contributed by atoms with van der Waals surface area (Å²) in [6.45, 7) is 3.50. The summed E-state index contributed by atoms with van der Waals surface area (Å²) >= 11 is 0. The lowest BCUT2D eigenvalue weighted by Crippen LogP contribution is -2.13. The van der Waals surface area contributed by atoms with Crippen LogP contribution in [0, 0.1) is 6.92 Å². The zero-order valence-corrected chi connectivity index (χ0v) is 13.3. The Morgan fingerprint density at radius 1 is 0.870 bits per heavy atom. The number of furan rings is 1. The molecule has 0 radical (unpaired) electrons. The van der Waals surface area contributed by atoms with Crippen molar-refractivity contribution in [1.29, 1.82) is 0 Å². The van der Waals surface area contributed by atoms with Gasteiger partial charge in [-0.25, -0.2) is 0 Å². The lowest BCUT2D eigenvalue weighted by Gasteiger charge is -2.07. The van der Waals surface area contributed by atoms with Gasteiger partial charge in [0.15, 0.2) is 0 Å². The fourth-order valence-corrected chi connectivity index (χ4v) is 2.55. The van der Waals surface area contributed by atoms with Crippen LogP contribution in [0.1, 0.15) is 22.5 Å². The minimum Gasteiger partial charge on any atom is -0.460 e. The van der Waals surface area contributed by atoms with Crippen LogP contribution in [0.25, 0.3) is 11.3 Å². The van der Waals surface area contributed by atoms with E-state index in [1.54, 1.807) is 0 Å². The topological polar surface area (TPSA) is 45.4 Å². The van der Waals surface area contributed by atoms with Gasteiger partial charge in [0, 0.05) is 12.1 Å². The molecule has 3 aromatic rings. The molecule has 0 aliphatic rings. The van der Waals surface area contributed by atoms with Gasteiger partial charge in [0.1, 0.15) is 11.5 Å². The summed E-state index contributed by atoms with van der Waals surface area (Å²) in [4.78, 5) is 0. The summed E-state index contributed by atoms with van der Waals surface area (Å²) in [6.07, 6.45) is 0. The lowest BCUT2D eigenvalue weighted by atomic mass is 10.1. The van der Waals surface area contributed by atoms with Gasteiger partial charge in [0.25, 0.3) is 0 Å². The average molecular weight is 307 g/mol. The standard InChI is InChI=1S/C20H21NO2/c1-15-6-8-16(9-7-15)20-11-10-19(23-20)13-21-12-17-4-2-3-5-18(17)14-22/h2-11,21-22H,12-14H2,1H3. The molecule has 2 aromatic carbocycles. The van der Waals surface area contributed by atoms with Crippen molar-refractivity contribution >= 4 is 0 Å². The van der Waals surface area contributed by atoms with E-state index in [1.165, 1.54) is 5.56 Å². The quantitative estimate of drug-likeness (QED) is 0.722. The molecular weight excluding hydrogens is 286 g/mol. The summed E-state index contributed by atoms with van der Waals surface area (Å²) in [7, 11) is 0. The number of nitrogens with one attached hydrogen (secondary N) is 1. The largest absolute Gasteiger partial charge is 0.460 e. The van der Waals surface area contributed by atoms with Gasteiger partial charge in [-0.05, 0) is 30.2 Å². The van der Waals surface area contributed by atoms with Crippen molar-refractivity contribution in [3.05, 3.63) is 83.1 Å². The zero-order valence-electron chi connectivity index (χ0n) is 13.3. The maximum absolute atomic E-state index is 9.34. The Morgan fingerprint density at radius 2 is 1.61 bits per heavy atom. The molecule has 0 fully saturated rings. The number of hydrogen-bond acceptors (Lipinski definition) is 3. The van der Waals surface area contributed by atoms with E-state index in [1.807, 2.05) is 36.4 Å². The smallest absolute Gasteiger partial charge is 0.134 e. The SMILES string of the molecule is Cc1ccc(-c2ccc(CNCc3ccccc3CO)o2)cc1. The number of benzene rings is 2. The number of aliphatic hydroxyl groups is 1. The van der Waals surface area contributed by atoms with Crippen molar-refractivity contribution < 1.29 is 9.52 Å². The molecule has 3 rings (SSSR count). The normalized spacial score (nSPS) is 10.9. The van der Waals surface area contributed by atoms with E-state index in [0.29, 0.717) is 13.1 Å². The van der Waals surface area contributed by atoms with E-state index in [-0.39, 0.29) is 6.61 Å². The first-order chi connectivity index (χ1) is 11.3. The summed E-state index contributed by atoms with van der Waals surface area (Å²) in [5.74, 6) is 1.79. The van der Waals surface area contributed by atoms with Gasteiger partial charge >= 0.3 is 0 Å². The molecule has 0 saturated heterocycles. The van der Waals surface area contributed by atoms with Crippen LogP contribution in [0.2, 0.25) is 0 Å². The third-order valence-corrected chi connectivity index (χ3v) is 3.90. The van der Waals surface area contributed by atoms with Crippen LogP contribution < -0.4 is 5.32 Å². The van der Waals surface area contributed by atoms with E-state index in [0.717, 1.165) is 28.2 Å². The monoisotopic (exact) mass is 307 g/mol. The molecule has 3 nitrogen and oxygen atoms in total. The Labute approximate surface area is 136 Å². The van der Waals surface area contributed by atoms with Gasteiger partial charge < -0.3 is 14.8 Å². The Morgan fingerprint density at radius 3 is 2.35 bits per heavy atom. The first kappa shape index (κ1) is 15.5. The second kappa shape index (κ2) is 7.27. The predicted molar refractivity (Wildman–Crippen MR) is 91.8 cm³/mol.